The van der Waals surface area contributed by atoms with Crippen molar-refractivity contribution in [3.05, 3.63) is 27.8 Å². The van der Waals surface area contributed by atoms with E-state index in [1.165, 1.54) is 11.1 Å². The molecule has 0 unspecified atom stereocenters. The lowest BCUT2D eigenvalue weighted by Crippen LogP contribution is -2.08. The van der Waals surface area contributed by atoms with E-state index in [0.717, 1.165) is 11.1 Å². The van der Waals surface area contributed by atoms with Gasteiger partial charge in [0.1, 0.15) is 0 Å². The number of ketones is 1. The Kier molecular flexibility index (Phi) is 6.84. The molecule has 0 spiro atoms. The van der Waals surface area contributed by atoms with Crippen LogP contribution in [0.15, 0.2) is 0 Å². The average molecular weight is 445 g/mol. The SMILES string of the molecule is CC(=O)c1c(C)c(C)c(C)c(C)c1N.II. The van der Waals surface area contributed by atoms with Crippen molar-refractivity contribution in [1.82, 2.24) is 0 Å². The third kappa shape index (κ3) is 3.09. The molecule has 0 aliphatic rings. The lowest BCUT2D eigenvalue weighted by molar-refractivity contribution is 0.101. The first-order chi connectivity index (χ1) is 7.37. The zero-order chi connectivity index (χ0) is 13.0. The molecule has 2 N–H and O–H groups in total. The molecule has 0 bridgehead atoms. The molecule has 1 rings (SSSR count). The Hall–Kier alpha value is 0.150. The molecule has 0 radical (unpaired) electrons. The fraction of sp³-hybridized carbons (Fsp3) is 0.417. The monoisotopic (exact) mass is 445 g/mol. The van der Waals surface area contributed by atoms with Crippen molar-refractivity contribution < 1.29 is 4.79 Å². The first-order valence-corrected chi connectivity index (χ1v) is 11.2. The van der Waals surface area contributed by atoms with E-state index in [1.807, 2.05) is 27.7 Å². The minimum absolute atomic E-state index is 0.0474. The fourth-order valence-electron chi connectivity index (χ4n) is 1.80. The van der Waals surface area contributed by atoms with E-state index >= 15 is 0 Å². The normalized spacial score (nSPS) is 9.44. The molecule has 0 aliphatic heterocycles. The van der Waals surface area contributed by atoms with E-state index in [9.17, 15) is 4.79 Å². The number of rotatable bonds is 1. The summed E-state index contributed by atoms with van der Waals surface area (Å²) in [4.78, 5) is 11.4. The third-order valence-electron chi connectivity index (χ3n) is 3.09. The highest BCUT2D eigenvalue weighted by atomic mass is 128. The van der Waals surface area contributed by atoms with Crippen LogP contribution >= 0.6 is 37.2 Å². The van der Waals surface area contributed by atoms with Crippen molar-refractivity contribution in [2.45, 2.75) is 34.6 Å². The van der Waals surface area contributed by atoms with E-state index in [2.05, 4.69) is 37.2 Å². The van der Waals surface area contributed by atoms with Gasteiger partial charge in [0.05, 0.1) is 0 Å². The summed E-state index contributed by atoms with van der Waals surface area (Å²) in [5.41, 5.74) is 11.6. The number of carbonyl (C=O) groups is 1. The lowest BCUT2D eigenvalue weighted by atomic mass is 9.91. The maximum Gasteiger partial charge on any atom is 0.162 e. The van der Waals surface area contributed by atoms with Gasteiger partial charge in [-0.05, 0) is 56.9 Å². The van der Waals surface area contributed by atoms with E-state index in [1.54, 1.807) is 6.92 Å². The molecule has 0 fully saturated rings. The van der Waals surface area contributed by atoms with Crippen LogP contribution in [-0.4, -0.2) is 5.78 Å². The van der Waals surface area contributed by atoms with Crippen LogP contribution in [0.25, 0.3) is 0 Å². The van der Waals surface area contributed by atoms with Gasteiger partial charge in [0.15, 0.2) is 5.78 Å². The summed E-state index contributed by atoms with van der Waals surface area (Å²) in [7, 11) is 0. The molecule has 0 aromatic heterocycles. The molecule has 0 amide bonds. The number of nitrogens with two attached hydrogens (primary N) is 1. The molecule has 90 valence electrons. The summed E-state index contributed by atoms with van der Waals surface area (Å²) in [6.45, 7) is 9.55. The lowest BCUT2D eigenvalue weighted by Gasteiger charge is -2.16. The van der Waals surface area contributed by atoms with Gasteiger partial charge in [-0.1, -0.05) is 0 Å². The van der Waals surface area contributed by atoms with E-state index < -0.39 is 0 Å². The van der Waals surface area contributed by atoms with Crippen molar-refractivity contribution >= 4 is 48.7 Å². The van der Waals surface area contributed by atoms with Gasteiger partial charge in [-0.3, -0.25) is 4.79 Å². The van der Waals surface area contributed by atoms with Crippen molar-refractivity contribution in [3.8, 4) is 0 Å². The van der Waals surface area contributed by atoms with Gasteiger partial charge in [0.2, 0.25) is 0 Å². The zero-order valence-corrected chi connectivity index (χ0v) is 14.6. The van der Waals surface area contributed by atoms with Gasteiger partial charge < -0.3 is 5.73 Å². The molecular weight excluding hydrogens is 428 g/mol. The largest absolute Gasteiger partial charge is 0.398 e. The number of hydrogen-bond acceptors (Lipinski definition) is 2. The summed E-state index contributed by atoms with van der Waals surface area (Å²) in [5.74, 6) is 0.0474. The molecule has 0 atom stereocenters. The van der Waals surface area contributed by atoms with Crippen LogP contribution in [0, 0.1) is 27.7 Å². The van der Waals surface area contributed by atoms with Crippen molar-refractivity contribution in [3.63, 3.8) is 0 Å². The summed E-state index contributed by atoms with van der Waals surface area (Å²) >= 11 is 4.24. The summed E-state index contributed by atoms with van der Waals surface area (Å²) < 4.78 is 0. The minimum atomic E-state index is 0.0474. The van der Waals surface area contributed by atoms with Crippen molar-refractivity contribution in [2.24, 2.45) is 0 Å². The van der Waals surface area contributed by atoms with E-state index in [0.29, 0.717) is 11.3 Å². The molecule has 0 heterocycles. The number of nitrogen functional groups attached to an aromatic ring is 1. The Balaban J connectivity index is 0.00000106. The molecule has 0 saturated heterocycles. The van der Waals surface area contributed by atoms with Gasteiger partial charge in [0.25, 0.3) is 0 Å². The molecule has 0 saturated carbocycles. The highest BCUT2D eigenvalue weighted by molar-refractivity contribution is 15.0. The van der Waals surface area contributed by atoms with Crippen molar-refractivity contribution in [1.29, 1.82) is 0 Å². The first-order valence-electron chi connectivity index (χ1n) is 4.89. The maximum atomic E-state index is 11.4. The average Bonchev–Trinajstić information content (AvgIpc) is 2.26. The van der Waals surface area contributed by atoms with Gasteiger partial charge in [0, 0.05) is 48.5 Å². The van der Waals surface area contributed by atoms with E-state index in [-0.39, 0.29) is 5.78 Å². The second-order valence-electron chi connectivity index (χ2n) is 3.84. The second-order valence-corrected chi connectivity index (χ2v) is 3.84. The molecule has 4 heteroatoms. The summed E-state index contributed by atoms with van der Waals surface area (Å²) in [6.07, 6.45) is 0. The fourth-order valence-corrected chi connectivity index (χ4v) is 1.80. The number of halogens is 2. The van der Waals surface area contributed by atoms with Crippen LogP contribution in [0.4, 0.5) is 5.69 Å². The molecule has 16 heavy (non-hydrogen) atoms. The standard InChI is InChI=1S/C12H17NO.I2/c1-6-7(2)9(4)12(13)11(8(6)3)10(5)14;1-2/h13H2,1-5H3;. The van der Waals surface area contributed by atoms with Crippen LogP contribution in [0.3, 0.4) is 0 Å². The number of hydrogen-bond donors (Lipinski definition) is 1. The number of carbonyl (C=O) groups excluding carboxylic acids is 1. The Labute approximate surface area is 121 Å². The van der Waals surface area contributed by atoms with Gasteiger partial charge in [-0.25, -0.2) is 0 Å². The van der Waals surface area contributed by atoms with Crippen LogP contribution in [0.2, 0.25) is 0 Å². The topological polar surface area (TPSA) is 43.1 Å². The zero-order valence-electron chi connectivity index (χ0n) is 10.2. The Morgan fingerprint density at radius 1 is 0.938 bits per heavy atom. The van der Waals surface area contributed by atoms with Gasteiger partial charge >= 0.3 is 0 Å². The van der Waals surface area contributed by atoms with Crippen LogP contribution in [-0.2, 0) is 0 Å². The number of anilines is 1. The third-order valence-corrected chi connectivity index (χ3v) is 3.09. The van der Waals surface area contributed by atoms with Crippen LogP contribution < -0.4 is 5.73 Å². The molecule has 0 aliphatic carbocycles. The number of benzene rings is 1. The van der Waals surface area contributed by atoms with E-state index in [4.69, 9.17) is 5.73 Å². The van der Waals surface area contributed by atoms with Crippen LogP contribution in [0.5, 0.6) is 0 Å². The predicted octanol–water partition coefficient (Wildman–Crippen LogP) is 4.48. The molecular formula is C12H17I2NO. The Bertz CT molecular complexity index is 385. The van der Waals surface area contributed by atoms with Crippen molar-refractivity contribution in [2.75, 3.05) is 5.73 Å². The van der Waals surface area contributed by atoms with Crippen LogP contribution in [0.1, 0.15) is 39.5 Å². The number of Topliss-reactive ketones (excluding diaryl/α,β-unsaturated/α-hetero) is 1. The predicted molar refractivity (Wildman–Crippen MR) is 87.8 cm³/mol. The minimum Gasteiger partial charge on any atom is -0.398 e. The summed E-state index contributed by atoms with van der Waals surface area (Å²) in [6, 6.07) is 0. The highest BCUT2D eigenvalue weighted by Crippen LogP contribution is 2.28. The first kappa shape index (κ1) is 16.1. The Morgan fingerprint density at radius 3 is 1.69 bits per heavy atom. The summed E-state index contributed by atoms with van der Waals surface area (Å²) in [5, 5.41) is 0. The molecule has 1 aromatic rings. The smallest absolute Gasteiger partial charge is 0.162 e. The maximum absolute atomic E-state index is 11.4. The quantitative estimate of drug-likeness (QED) is 0.394. The molecule has 1 aromatic carbocycles. The Morgan fingerprint density at radius 2 is 1.31 bits per heavy atom. The van der Waals surface area contributed by atoms with Gasteiger partial charge in [-0.15, -0.1) is 0 Å². The van der Waals surface area contributed by atoms with Gasteiger partial charge in [-0.2, -0.15) is 0 Å². The second kappa shape index (κ2) is 6.78. The molecule has 2 nitrogen and oxygen atoms in total. The highest BCUT2D eigenvalue weighted by Gasteiger charge is 2.15.